The molecule has 0 saturated carbocycles. The fourth-order valence-corrected chi connectivity index (χ4v) is 0.737. The monoisotopic (exact) mass is 158 g/mol. The molecule has 0 rings (SSSR count). The van der Waals surface area contributed by atoms with Crippen LogP contribution in [0.4, 0.5) is 0 Å². The summed E-state index contributed by atoms with van der Waals surface area (Å²) in [6.45, 7) is 4.37. The second kappa shape index (κ2) is 4.03. The first-order chi connectivity index (χ1) is 5.02. The zero-order valence-electron chi connectivity index (χ0n) is 7.37. The van der Waals surface area contributed by atoms with Crippen LogP contribution in [0.2, 0.25) is 0 Å². The number of aliphatic hydroxyl groups is 1. The third kappa shape index (κ3) is 4.44. The van der Waals surface area contributed by atoms with Gasteiger partial charge in [0.2, 0.25) is 0 Å². The molecule has 0 radical (unpaired) electrons. The molecule has 0 aliphatic heterocycles. The molecule has 1 N–H and O–H groups in total. The third-order valence-electron chi connectivity index (χ3n) is 1.27. The van der Waals surface area contributed by atoms with Crippen LogP contribution in [0, 0.1) is 0 Å². The molecule has 0 amide bonds. The van der Waals surface area contributed by atoms with Crippen molar-refractivity contribution in [1.82, 2.24) is 0 Å². The van der Waals surface area contributed by atoms with Crippen LogP contribution in [0.15, 0.2) is 24.8 Å². The van der Waals surface area contributed by atoms with E-state index in [1.165, 1.54) is 7.11 Å². The summed E-state index contributed by atoms with van der Waals surface area (Å²) >= 11 is 0. The van der Waals surface area contributed by atoms with Crippen molar-refractivity contribution in [2.75, 3.05) is 27.7 Å². The van der Waals surface area contributed by atoms with E-state index in [1.54, 1.807) is 12.3 Å². The lowest BCUT2D eigenvalue weighted by molar-refractivity contribution is -0.834. The molecular formula is C8H16NO2+. The first-order valence-corrected chi connectivity index (χ1v) is 3.41. The maximum atomic E-state index is 9.01. The highest BCUT2D eigenvalue weighted by Gasteiger charge is 2.11. The van der Waals surface area contributed by atoms with Gasteiger partial charge >= 0.3 is 5.95 Å². The number of hydrogen-bond donors (Lipinski definition) is 1. The van der Waals surface area contributed by atoms with Crippen LogP contribution < -0.4 is 0 Å². The smallest absolute Gasteiger partial charge is 0.332 e. The molecule has 0 saturated heterocycles. The summed E-state index contributed by atoms with van der Waals surface area (Å²) in [5.74, 6) is -0.0585. The van der Waals surface area contributed by atoms with E-state index in [-0.39, 0.29) is 5.95 Å². The predicted molar refractivity (Wildman–Crippen MR) is 44.9 cm³/mol. The van der Waals surface area contributed by atoms with E-state index >= 15 is 0 Å². The number of rotatable bonds is 4. The van der Waals surface area contributed by atoms with Crippen LogP contribution in [0.5, 0.6) is 0 Å². The summed E-state index contributed by atoms with van der Waals surface area (Å²) in [5, 5.41) is 9.01. The van der Waals surface area contributed by atoms with Gasteiger partial charge in [-0.1, -0.05) is 6.58 Å². The van der Waals surface area contributed by atoms with E-state index in [9.17, 15) is 0 Å². The molecule has 11 heavy (non-hydrogen) atoms. The van der Waals surface area contributed by atoms with Crippen LogP contribution in [0.3, 0.4) is 0 Å². The van der Waals surface area contributed by atoms with E-state index in [2.05, 4.69) is 11.3 Å². The molecule has 0 heterocycles. The van der Waals surface area contributed by atoms with Gasteiger partial charge in [0.1, 0.15) is 6.54 Å². The fraction of sp³-hybridized carbons (Fsp3) is 0.500. The zero-order valence-corrected chi connectivity index (χ0v) is 7.37. The van der Waals surface area contributed by atoms with Gasteiger partial charge in [-0.25, -0.2) is 0 Å². The second-order valence-electron chi connectivity index (χ2n) is 2.92. The van der Waals surface area contributed by atoms with Crippen LogP contribution in [0.25, 0.3) is 0 Å². The second-order valence-corrected chi connectivity index (χ2v) is 2.92. The Labute approximate surface area is 67.8 Å². The van der Waals surface area contributed by atoms with Gasteiger partial charge in [0.05, 0.1) is 21.2 Å². The summed E-state index contributed by atoms with van der Waals surface area (Å²) in [6, 6.07) is 0. The number of nitrogens with zero attached hydrogens (tertiary/aromatic N) is 1. The summed E-state index contributed by atoms with van der Waals surface area (Å²) in [6.07, 6.45) is 3.40. The Hall–Kier alpha value is -0.960. The number of quaternary nitrogens is 1. The van der Waals surface area contributed by atoms with Gasteiger partial charge in [0.25, 0.3) is 0 Å². The Morgan fingerprint density at radius 3 is 2.55 bits per heavy atom. The lowest BCUT2D eigenvalue weighted by atomic mass is 10.5. The normalized spacial score (nSPS) is 12.8. The first-order valence-electron chi connectivity index (χ1n) is 3.41. The minimum atomic E-state index is -0.0585. The van der Waals surface area contributed by atoms with E-state index in [4.69, 9.17) is 5.11 Å². The van der Waals surface area contributed by atoms with Crippen molar-refractivity contribution in [3.63, 3.8) is 0 Å². The molecule has 0 aliphatic carbocycles. The Morgan fingerprint density at radius 2 is 2.18 bits per heavy atom. The van der Waals surface area contributed by atoms with Gasteiger partial charge in [0.15, 0.2) is 6.20 Å². The lowest BCUT2D eigenvalue weighted by Crippen LogP contribution is -2.33. The largest absolute Gasteiger partial charge is 0.477 e. The Morgan fingerprint density at radius 1 is 1.64 bits per heavy atom. The van der Waals surface area contributed by atoms with Crippen molar-refractivity contribution in [3.05, 3.63) is 24.8 Å². The van der Waals surface area contributed by atoms with E-state index in [0.717, 1.165) is 6.54 Å². The van der Waals surface area contributed by atoms with Gasteiger partial charge in [-0.15, -0.1) is 0 Å². The molecule has 3 nitrogen and oxygen atoms in total. The molecule has 0 spiro atoms. The third-order valence-corrected chi connectivity index (χ3v) is 1.27. The van der Waals surface area contributed by atoms with Gasteiger partial charge in [-0.05, 0) is 6.08 Å². The van der Waals surface area contributed by atoms with Gasteiger partial charge in [-0.2, -0.15) is 0 Å². The number of ether oxygens (including phenoxy) is 1. The van der Waals surface area contributed by atoms with Crippen molar-refractivity contribution in [2.45, 2.75) is 0 Å². The first kappa shape index (κ1) is 10.0. The van der Waals surface area contributed by atoms with Crippen molar-refractivity contribution in [1.29, 1.82) is 0 Å². The summed E-state index contributed by atoms with van der Waals surface area (Å²) in [5.41, 5.74) is 0. The van der Waals surface area contributed by atoms with Gasteiger partial charge in [0, 0.05) is 0 Å². The zero-order chi connectivity index (χ0) is 8.91. The average Bonchev–Trinajstić information content (AvgIpc) is 1.86. The van der Waals surface area contributed by atoms with Crippen LogP contribution in [-0.2, 0) is 4.74 Å². The molecule has 0 aromatic heterocycles. The fourth-order valence-electron chi connectivity index (χ4n) is 0.737. The van der Waals surface area contributed by atoms with Crippen molar-refractivity contribution in [3.8, 4) is 0 Å². The van der Waals surface area contributed by atoms with Gasteiger partial charge < -0.3 is 9.84 Å². The molecule has 0 bridgehead atoms. The molecule has 0 unspecified atom stereocenters. The molecule has 0 aliphatic rings. The Kier molecular flexibility index (Phi) is 3.68. The van der Waals surface area contributed by atoms with Crippen molar-refractivity contribution >= 4 is 0 Å². The quantitative estimate of drug-likeness (QED) is 0.379. The maximum Gasteiger partial charge on any atom is 0.332 e. The minimum absolute atomic E-state index is 0.0585. The van der Waals surface area contributed by atoms with Crippen molar-refractivity contribution in [2.24, 2.45) is 0 Å². The molecule has 0 aromatic rings. The van der Waals surface area contributed by atoms with Crippen molar-refractivity contribution < 1.29 is 14.3 Å². The van der Waals surface area contributed by atoms with Crippen LogP contribution in [0.1, 0.15) is 0 Å². The number of hydrogen-bond acceptors (Lipinski definition) is 2. The highest BCUT2D eigenvalue weighted by Crippen LogP contribution is 2.01. The standard InChI is InChI=1S/C8H15NO2/c1-5-6-9(2,3)7-8(10)11-4/h5,7H,1,6H2,2-4H3/p+1/b8-7+. The van der Waals surface area contributed by atoms with Crippen LogP contribution in [-0.4, -0.2) is 37.3 Å². The topological polar surface area (TPSA) is 29.5 Å². The minimum Gasteiger partial charge on any atom is -0.477 e. The molecule has 0 aromatic carbocycles. The summed E-state index contributed by atoms with van der Waals surface area (Å²) in [4.78, 5) is 0. The SMILES string of the molecule is C=CC[N+](C)(C)/C=C(\O)OC. The number of likely N-dealkylation sites (N-methyl/N-ethyl adjacent to an activating group) is 1. The number of aliphatic hydroxyl groups excluding tert-OH is 1. The van der Waals surface area contributed by atoms with E-state index < -0.39 is 0 Å². The lowest BCUT2D eigenvalue weighted by Gasteiger charge is -2.22. The molecular weight excluding hydrogens is 142 g/mol. The average molecular weight is 158 g/mol. The summed E-state index contributed by atoms with van der Waals surface area (Å²) in [7, 11) is 5.31. The molecule has 0 fully saturated rings. The van der Waals surface area contributed by atoms with Gasteiger partial charge in [-0.3, -0.25) is 4.48 Å². The molecule has 64 valence electrons. The molecule has 0 atom stereocenters. The highest BCUT2D eigenvalue weighted by molar-refractivity contribution is 4.74. The Balaban J connectivity index is 4.19. The molecule has 3 heteroatoms. The highest BCUT2D eigenvalue weighted by atomic mass is 16.6. The Bertz CT molecular complexity index is 161. The number of methoxy groups -OCH3 is 1. The van der Waals surface area contributed by atoms with E-state index in [1.807, 2.05) is 14.1 Å². The maximum absolute atomic E-state index is 9.01. The predicted octanol–water partition coefficient (Wildman–Crippen LogP) is 1.25. The van der Waals surface area contributed by atoms with Crippen LogP contribution >= 0.6 is 0 Å². The summed E-state index contributed by atoms with van der Waals surface area (Å²) < 4.78 is 5.13. The van der Waals surface area contributed by atoms with E-state index in [0.29, 0.717) is 4.48 Å².